The Morgan fingerprint density at radius 3 is 2.89 bits per heavy atom. The number of hydrogen-bond donors (Lipinski definition) is 0. The van der Waals surface area contributed by atoms with Gasteiger partial charge in [-0.3, -0.25) is 4.90 Å². The van der Waals surface area contributed by atoms with E-state index in [1.54, 1.807) is 5.57 Å². The topological polar surface area (TPSA) is 32.8 Å². The van der Waals surface area contributed by atoms with Gasteiger partial charge in [-0.2, -0.15) is 0 Å². The van der Waals surface area contributed by atoms with E-state index in [4.69, 9.17) is 4.74 Å². The van der Waals surface area contributed by atoms with Gasteiger partial charge in [0.1, 0.15) is 0 Å². The molecule has 0 saturated carbocycles. The molecule has 1 aromatic rings. The summed E-state index contributed by atoms with van der Waals surface area (Å²) in [5, 5.41) is 0. The van der Waals surface area contributed by atoms with E-state index in [2.05, 4.69) is 45.6 Å². The number of rotatable bonds is 3. The number of hydrogen-bond acceptors (Lipinski definition) is 4. The first-order chi connectivity index (χ1) is 13.4. The molecule has 5 heteroatoms. The third kappa shape index (κ3) is 4.02. The molecule has 0 spiro atoms. The maximum absolute atomic E-state index is 11.8. The Labute approximate surface area is 177 Å². The number of fused-ring (bicyclic) bond motifs is 3. The summed E-state index contributed by atoms with van der Waals surface area (Å²) in [5.41, 5.74) is 5.28. The van der Waals surface area contributed by atoms with E-state index in [0.29, 0.717) is 17.0 Å². The molecule has 1 fully saturated rings. The summed E-state index contributed by atoms with van der Waals surface area (Å²) in [5.74, 6) is -0.246. The molecule has 1 aliphatic carbocycles. The highest BCUT2D eigenvalue weighted by Crippen LogP contribution is 2.41. The fourth-order valence-electron chi connectivity index (χ4n) is 5.06. The second kappa shape index (κ2) is 7.83. The van der Waals surface area contributed by atoms with Crippen LogP contribution in [0, 0.1) is 5.41 Å². The van der Waals surface area contributed by atoms with Crippen molar-refractivity contribution in [2.24, 2.45) is 5.41 Å². The molecule has 1 aromatic carbocycles. The molecule has 4 nitrogen and oxygen atoms in total. The molecule has 4 rings (SSSR count). The lowest BCUT2D eigenvalue weighted by atomic mass is 9.77. The van der Waals surface area contributed by atoms with Gasteiger partial charge in [0.05, 0.1) is 12.7 Å². The van der Waals surface area contributed by atoms with Gasteiger partial charge in [-0.15, -0.1) is 0 Å². The molecule has 0 aromatic heterocycles. The van der Waals surface area contributed by atoms with E-state index < -0.39 is 0 Å². The lowest BCUT2D eigenvalue weighted by Crippen LogP contribution is -2.55. The number of allylic oxidation sites excluding steroid dienone is 1. The molecule has 0 radical (unpaired) electrons. The Kier molecular flexibility index (Phi) is 5.58. The van der Waals surface area contributed by atoms with Gasteiger partial charge in [-0.05, 0) is 71.3 Å². The van der Waals surface area contributed by atoms with E-state index in [9.17, 15) is 4.79 Å². The molecule has 28 heavy (non-hydrogen) atoms. The van der Waals surface area contributed by atoms with Gasteiger partial charge in [0.2, 0.25) is 0 Å². The summed E-state index contributed by atoms with van der Waals surface area (Å²) in [6.45, 7) is 9.17. The van der Waals surface area contributed by atoms with Crippen molar-refractivity contribution in [1.82, 2.24) is 4.90 Å². The summed E-state index contributed by atoms with van der Waals surface area (Å²) >= 11 is 3.85. The van der Waals surface area contributed by atoms with Crippen LogP contribution in [0.3, 0.4) is 0 Å². The van der Waals surface area contributed by atoms with Gasteiger partial charge in [-0.1, -0.05) is 29.8 Å². The van der Waals surface area contributed by atoms with Crippen molar-refractivity contribution >= 4 is 27.6 Å². The zero-order valence-electron chi connectivity index (χ0n) is 17.3. The largest absolute Gasteiger partial charge is 0.465 e. The minimum Gasteiger partial charge on any atom is -0.465 e. The first-order valence-electron chi connectivity index (χ1n) is 10.4. The minimum absolute atomic E-state index is 0.246. The number of carbonyl (C=O) groups excluding carboxylic acids is 1. The van der Waals surface area contributed by atoms with Crippen molar-refractivity contribution in [3.05, 3.63) is 39.4 Å². The lowest BCUT2D eigenvalue weighted by Gasteiger charge is -2.47. The summed E-state index contributed by atoms with van der Waals surface area (Å²) in [7, 11) is 1.44. The molecule has 1 saturated heterocycles. The van der Waals surface area contributed by atoms with Crippen LogP contribution in [0.5, 0.6) is 0 Å². The summed E-state index contributed by atoms with van der Waals surface area (Å²) < 4.78 is 6.32. The Morgan fingerprint density at radius 2 is 2.11 bits per heavy atom. The number of aryl methyl sites for hydroxylation is 1. The van der Waals surface area contributed by atoms with Crippen LogP contribution in [0.15, 0.2) is 28.3 Å². The molecule has 2 heterocycles. The smallest absolute Gasteiger partial charge is 0.337 e. The van der Waals surface area contributed by atoms with E-state index in [1.165, 1.54) is 42.1 Å². The number of anilines is 1. The predicted octanol–water partition coefficient (Wildman–Crippen LogP) is 4.77. The maximum atomic E-state index is 11.8. The monoisotopic (exact) mass is 446 g/mol. The predicted molar refractivity (Wildman–Crippen MR) is 117 cm³/mol. The molecule has 0 bridgehead atoms. The minimum atomic E-state index is -0.246. The zero-order valence-corrected chi connectivity index (χ0v) is 18.8. The number of benzene rings is 1. The van der Waals surface area contributed by atoms with E-state index in [0.717, 1.165) is 39.0 Å². The number of ether oxygens (including phenoxy) is 1. The molecule has 0 N–H and O–H groups in total. The maximum Gasteiger partial charge on any atom is 0.337 e. The van der Waals surface area contributed by atoms with Gasteiger partial charge < -0.3 is 9.64 Å². The second-order valence-electron chi connectivity index (χ2n) is 9.31. The zero-order chi connectivity index (χ0) is 19.9. The van der Waals surface area contributed by atoms with Crippen molar-refractivity contribution in [3.63, 3.8) is 0 Å². The Morgan fingerprint density at radius 1 is 1.29 bits per heavy atom. The Balaban J connectivity index is 1.45. The van der Waals surface area contributed by atoms with Crippen molar-refractivity contribution < 1.29 is 9.53 Å². The third-order valence-corrected chi connectivity index (χ3v) is 7.59. The van der Waals surface area contributed by atoms with Gasteiger partial charge >= 0.3 is 5.97 Å². The molecule has 2 aliphatic heterocycles. The van der Waals surface area contributed by atoms with E-state index >= 15 is 0 Å². The fraction of sp³-hybridized carbons (Fsp3) is 0.609. The number of carbonyl (C=O) groups is 1. The number of esters is 1. The molecular weight excluding hydrogens is 416 g/mol. The van der Waals surface area contributed by atoms with Crippen LogP contribution >= 0.6 is 15.9 Å². The highest BCUT2D eigenvalue weighted by Gasteiger charge is 2.33. The molecular formula is C23H31BrN2O2. The van der Waals surface area contributed by atoms with Gasteiger partial charge in [0.15, 0.2) is 0 Å². The van der Waals surface area contributed by atoms with Crippen molar-refractivity contribution in [1.29, 1.82) is 0 Å². The van der Waals surface area contributed by atoms with Crippen LogP contribution in [0.2, 0.25) is 0 Å². The van der Waals surface area contributed by atoms with E-state index in [-0.39, 0.29) is 5.97 Å². The fourth-order valence-corrected chi connectivity index (χ4v) is 5.52. The van der Waals surface area contributed by atoms with Gasteiger partial charge in [-0.25, -0.2) is 4.79 Å². The second-order valence-corrected chi connectivity index (χ2v) is 10.3. The molecule has 3 aliphatic rings. The molecule has 152 valence electrons. The van der Waals surface area contributed by atoms with Gasteiger partial charge in [0.25, 0.3) is 0 Å². The summed E-state index contributed by atoms with van der Waals surface area (Å²) in [6, 6.07) is 6.62. The Hall–Kier alpha value is -1.33. The van der Waals surface area contributed by atoms with Crippen molar-refractivity contribution in [2.75, 3.05) is 38.2 Å². The summed E-state index contributed by atoms with van der Waals surface area (Å²) in [4.78, 5) is 17.0. The first-order valence-corrected chi connectivity index (χ1v) is 11.2. The molecule has 1 atom stereocenters. The number of halogens is 1. The number of nitrogens with zero attached hydrogens (tertiary/aromatic N) is 2. The first kappa shape index (κ1) is 20.0. The number of piperazine rings is 1. The average Bonchev–Trinajstić information content (AvgIpc) is 2.69. The van der Waals surface area contributed by atoms with Crippen LogP contribution in [-0.2, 0) is 11.2 Å². The SMILES string of the molecule is COC(=O)c1ccc2c(c1)CC[C@@H]1CN(CC3=C(Br)CCC(C)(C)C3)CCN21. The quantitative estimate of drug-likeness (QED) is 0.625. The normalized spacial score (nSPS) is 24.6. The highest BCUT2D eigenvalue weighted by atomic mass is 79.9. The average molecular weight is 447 g/mol. The van der Waals surface area contributed by atoms with Crippen LogP contribution in [0.25, 0.3) is 0 Å². The van der Waals surface area contributed by atoms with Crippen LogP contribution < -0.4 is 4.90 Å². The van der Waals surface area contributed by atoms with Crippen molar-refractivity contribution in [2.45, 2.75) is 52.0 Å². The molecule has 0 unspecified atom stereocenters. The summed E-state index contributed by atoms with van der Waals surface area (Å²) in [6.07, 6.45) is 5.85. The van der Waals surface area contributed by atoms with Gasteiger partial charge in [0, 0.05) is 37.9 Å². The van der Waals surface area contributed by atoms with Crippen LogP contribution in [0.4, 0.5) is 5.69 Å². The standard InChI is InChI=1S/C23H31BrN2O2/c1-23(2)9-8-20(24)18(13-23)14-25-10-11-26-19(15-25)6-4-16-12-17(22(27)28-3)5-7-21(16)26/h5,7,12,19H,4,6,8-11,13-15H2,1-3H3/t19-/m1/s1. The van der Waals surface area contributed by atoms with Crippen LogP contribution in [0.1, 0.15) is 55.5 Å². The third-order valence-electron chi connectivity index (χ3n) is 6.64. The Bertz CT molecular complexity index is 802. The van der Waals surface area contributed by atoms with E-state index in [1.807, 2.05) is 12.1 Å². The molecule has 0 amide bonds. The van der Waals surface area contributed by atoms with Crippen LogP contribution in [-0.4, -0.2) is 50.2 Å². The van der Waals surface area contributed by atoms with Crippen molar-refractivity contribution in [3.8, 4) is 0 Å². The number of methoxy groups -OCH3 is 1. The highest BCUT2D eigenvalue weighted by molar-refractivity contribution is 9.11. The lowest BCUT2D eigenvalue weighted by molar-refractivity contribution is 0.0600.